The molecule has 5 aromatic carbocycles. The normalized spacial score (nSPS) is 15.9. The van der Waals surface area contributed by atoms with E-state index < -0.39 is 39.2 Å². The fourth-order valence-electron chi connectivity index (χ4n) is 7.42. The summed E-state index contributed by atoms with van der Waals surface area (Å²) in [5.74, 6) is -2.36. The number of esters is 1. The van der Waals surface area contributed by atoms with Crippen LogP contribution in [0.3, 0.4) is 0 Å². The van der Waals surface area contributed by atoms with Gasteiger partial charge in [-0.15, -0.1) is 0 Å². The van der Waals surface area contributed by atoms with Crippen LogP contribution in [0.1, 0.15) is 34.1 Å². The molecule has 1 heterocycles. The van der Waals surface area contributed by atoms with E-state index in [9.17, 15) is 19.2 Å². The lowest BCUT2D eigenvalue weighted by Gasteiger charge is -2.52. The summed E-state index contributed by atoms with van der Waals surface area (Å²) in [5.41, 5.74) is 1.44. The van der Waals surface area contributed by atoms with Gasteiger partial charge in [-0.25, -0.2) is 4.79 Å². The molecule has 0 bridgehead atoms. The molecule has 0 spiro atoms. The van der Waals surface area contributed by atoms with Crippen molar-refractivity contribution in [2.45, 2.75) is 45.1 Å². The second-order valence-corrected chi connectivity index (χ2v) is 22.4. The molecule has 1 aliphatic rings. The number of benzene rings is 5. The Bertz CT molecular complexity index is 2160. The topological polar surface area (TPSA) is 102 Å². The van der Waals surface area contributed by atoms with Crippen molar-refractivity contribution in [3.8, 4) is 0 Å². The highest BCUT2D eigenvalue weighted by atomic mass is 31.2. The third-order valence-electron chi connectivity index (χ3n) is 9.68. The summed E-state index contributed by atoms with van der Waals surface area (Å²) in [6.45, 7) is 8.52. The number of β-lactam (4-membered cyclic amide) rings is 1. The summed E-state index contributed by atoms with van der Waals surface area (Å²) in [6.07, 6.45) is 0.820. The van der Waals surface area contributed by atoms with Gasteiger partial charge in [0.05, 0.1) is 18.1 Å². The number of para-hydroxylation sites is 1. The Balaban J connectivity index is 1.55. The van der Waals surface area contributed by atoms with Crippen molar-refractivity contribution in [1.29, 1.82) is 0 Å². The number of carbonyl (C=O) groups is 4. The van der Waals surface area contributed by atoms with Crippen LogP contribution in [-0.2, 0) is 18.8 Å². The molecule has 10 heteroatoms. The second kappa shape index (κ2) is 17.5. The number of anilines is 1. The molecule has 5 aromatic rings. The molecule has 8 nitrogen and oxygen atoms in total. The maximum atomic E-state index is 15.0. The standard InChI is InChI=1S/C46H47N2O6PSi/c1-6-30-53-46(52)45(55(37-24-13-8-14-25-37,38-26-15-9-16-27-38)39-28-17-10-18-29-39)48-40(42(44(48)51)33(2)54-56(3,4)5)32-41(49)34-20-19-21-35(31-34)43(50)47-36-22-11-7-12-23-36/h6-29,31,33,40,42H,1,30,32H2,2-5H3,(H,47,50). The number of nitrogens with zero attached hydrogens (tertiary/aromatic N) is 1. The van der Waals surface area contributed by atoms with E-state index in [1.165, 1.54) is 11.0 Å². The highest BCUT2D eigenvalue weighted by Crippen LogP contribution is 2.50. The molecule has 0 aromatic heterocycles. The van der Waals surface area contributed by atoms with Crippen LogP contribution in [0.2, 0.25) is 19.6 Å². The summed E-state index contributed by atoms with van der Waals surface area (Å²) >= 11 is 0. The van der Waals surface area contributed by atoms with E-state index in [0.717, 1.165) is 15.9 Å². The zero-order valence-electron chi connectivity index (χ0n) is 32.1. The summed E-state index contributed by atoms with van der Waals surface area (Å²) in [7, 11) is -2.17. The molecule has 2 amide bonds. The van der Waals surface area contributed by atoms with E-state index in [2.05, 4.69) is 31.5 Å². The summed E-state index contributed by atoms with van der Waals surface area (Å²) in [4.78, 5) is 59.1. The Labute approximate surface area is 330 Å². The third kappa shape index (κ3) is 8.46. The van der Waals surface area contributed by atoms with Crippen LogP contribution < -0.4 is 21.2 Å². The quantitative estimate of drug-likeness (QED) is 0.0296. The van der Waals surface area contributed by atoms with Crippen LogP contribution in [-0.4, -0.2) is 61.0 Å². The molecular formula is C46H47N2O6PSi. The number of hydrogen-bond acceptors (Lipinski definition) is 6. The van der Waals surface area contributed by atoms with Gasteiger partial charge in [0.2, 0.25) is 5.91 Å². The SMILES string of the molecule is C=CCOC(=O)C(N1C(=O)C(C(C)O[Si](C)(C)C)C1CC(=O)c1cccc(C(=O)Nc2ccccc2)c1)=P(c1ccccc1)(c1ccccc1)c1ccccc1. The van der Waals surface area contributed by atoms with Gasteiger partial charge in [0, 0.05) is 30.1 Å². The van der Waals surface area contributed by atoms with Gasteiger partial charge in [0.1, 0.15) is 12.0 Å². The number of likely N-dealkylation sites (tertiary alicyclic amines) is 1. The van der Waals surface area contributed by atoms with E-state index in [1.54, 1.807) is 36.4 Å². The van der Waals surface area contributed by atoms with E-state index in [4.69, 9.17) is 9.16 Å². The Kier molecular flexibility index (Phi) is 12.5. The molecule has 1 N–H and O–H groups in total. The van der Waals surface area contributed by atoms with Crippen LogP contribution in [0.15, 0.2) is 158 Å². The smallest absolute Gasteiger partial charge is 0.356 e. The highest BCUT2D eigenvalue weighted by molar-refractivity contribution is 7.96. The van der Waals surface area contributed by atoms with E-state index >= 15 is 0 Å². The first-order valence-electron chi connectivity index (χ1n) is 18.7. The number of amides is 2. The van der Waals surface area contributed by atoms with Crippen molar-refractivity contribution in [1.82, 2.24) is 4.90 Å². The van der Waals surface area contributed by atoms with Crippen molar-refractivity contribution >= 4 is 65.8 Å². The fourth-order valence-corrected chi connectivity index (χ4v) is 13.1. The molecule has 0 saturated carbocycles. The Morgan fingerprint density at radius 1 is 0.768 bits per heavy atom. The fraction of sp³-hybridized carbons (Fsp3) is 0.196. The largest absolute Gasteiger partial charge is 0.457 e. The lowest BCUT2D eigenvalue weighted by atomic mass is 9.79. The predicted molar refractivity (Wildman–Crippen MR) is 229 cm³/mol. The van der Waals surface area contributed by atoms with E-state index in [-0.39, 0.29) is 36.0 Å². The number of Topliss-reactive ketones (excluding diaryl/α,β-unsaturated/α-hetero) is 1. The van der Waals surface area contributed by atoms with Crippen molar-refractivity contribution < 1.29 is 28.3 Å². The molecule has 1 fully saturated rings. The minimum absolute atomic E-state index is 0.0806. The van der Waals surface area contributed by atoms with Crippen molar-refractivity contribution in [3.63, 3.8) is 0 Å². The monoisotopic (exact) mass is 782 g/mol. The van der Waals surface area contributed by atoms with Crippen LogP contribution in [0, 0.1) is 5.92 Å². The van der Waals surface area contributed by atoms with E-state index in [1.807, 2.05) is 116 Å². The molecule has 1 saturated heterocycles. The van der Waals surface area contributed by atoms with Crippen molar-refractivity contribution in [2.75, 3.05) is 11.9 Å². The molecule has 56 heavy (non-hydrogen) atoms. The van der Waals surface area contributed by atoms with Crippen LogP contribution >= 0.6 is 6.89 Å². The highest BCUT2D eigenvalue weighted by Gasteiger charge is 2.56. The molecule has 3 atom stereocenters. The number of ether oxygens (including phenoxy) is 1. The molecule has 1 aliphatic heterocycles. The second-order valence-electron chi connectivity index (χ2n) is 14.7. The first-order valence-corrected chi connectivity index (χ1v) is 23.9. The van der Waals surface area contributed by atoms with Crippen molar-refractivity contribution in [3.05, 3.63) is 169 Å². The Hall–Kier alpha value is -5.60. The van der Waals surface area contributed by atoms with Crippen LogP contribution in [0.4, 0.5) is 5.69 Å². The van der Waals surface area contributed by atoms with Crippen LogP contribution in [0.5, 0.6) is 0 Å². The van der Waals surface area contributed by atoms with Gasteiger partial charge < -0.3 is 19.4 Å². The van der Waals surface area contributed by atoms with Gasteiger partial charge in [-0.05, 0) is 66.7 Å². The van der Waals surface area contributed by atoms with Crippen LogP contribution in [0.25, 0.3) is 0 Å². The molecule has 3 unspecified atom stereocenters. The zero-order chi connectivity index (χ0) is 39.9. The zero-order valence-corrected chi connectivity index (χ0v) is 34.0. The minimum Gasteiger partial charge on any atom is -0.457 e. The van der Waals surface area contributed by atoms with Gasteiger partial charge in [-0.3, -0.25) is 14.4 Å². The van der Waals surface area contributed by atoms with Gasteiger partial charge in [0.15, 0.2) is 14.1 Å². The minimum atomic E-state index is -3.21. The summed E-state index contributed by atoms with van der Waals surface area (Å²) in [6, 6.07) is 44.1. The maximum Gasteiger partial charge on any atom is 0.356 e. The van der Waals surface area contributed by atoms with Gasteiger partial charge in [0.25, 0.3) is 5.91 Å². The maximum absolute atomic E-state index is 15.0. The van der Waals surface area contributed by atoms with Gasteiger partial charge in [-0.1, -0.05) is 134 Å². The average molecular weight is 783 g/mol. The van der Waals surface area contributed by atoms with Crippen molar-refractivity contribution in [2.24, 2.45) is 5.92 Å². The Morgan fingerprint density at radius 2 is 1.27 bits per heavy atom. The number of nitrogens with one attached hydrogen (secondary N) is 1. The van der Waals surface area contributed by atoms with Gasteiger partial charge in [-0.2, -0.15) is 0 Å². The van der Waals surface area contributed by atoms with E-state index in [0.29, 0.717) is 16.8 Å². The summed E-state index contributed by atoms with van der Waals surface area (Å²) < 4.78 is 12.4. The third-order valence-corrected chi connectivity index (χ3v) is 15.0. The predicted octanol–water partition coefficient (Wildman–Crippen LogP) is 7.43. The number of carbonyl (C=O) groups excluding carboxylic acids is 4. The first kappa shape index (κ1) is 40.1. The summed E-state index contributed by atoms with van der Waals surface area (Å²) in [5, 5.41) is 5.40. The first-order chi connectivity index (χ1) is 27.0. The lowest BCUT2D eigenvalue weighted by molar-refractivity contribution is -0.156. The molecule has 286 valence electrons. The molecule has 0 radical (unpaired) electrons. The number of hydrogen-bond donors (Lipinski definition) is 1. The number of rotatable bonds is 15. The molecule has 6 rings (SSSR count). The lowest BCUT2D eigenvalue weighted by Crippen LogP contribution is -2.69. The Morgan fingerprint density at radius 3 is 1.77 bits per heavy atom. The van der Waals surface area contributed by atoms with Gasteiger partial charge >= 0.3 is 5.97 Å². The average Bonchev–Trinajstić information content (AvgIpc) is 3.20. The number of ketones is 1. The molecular weight excluding hydrogens is 736 g/mol. The molecule has 0 aliphatic carbocycles.